The minimum absolute atomic E-state index is 0.656. The van der Waals surface area contributed by atoms with E-state index in [9.17, 15) is 0 Å². The molecule has 0 bridgehead atoms. The van der Waals surface area contributed by atoms with Gasteiger partial charge in [-0.05, 0) is 6.92 Å². The van der Waals surface area contributed by atoms with Crippen LogP contribution in [-0.2, 0) is 16.0 Å². The number of nitrogens with zero attached hydrogens (tertiary/aromatic N) is 2. The third-order valence-electron chi connectivity index (χ3n) is 1.69. The molecule has 0 spiro atoms. The lowest BCUT2D eigenvalue weighted by molar-refractivity contribution is 0.0666. The van der Waals surface area contributed by atoms with Gasteiger partial charge in [-0.25, -0.2) is 4.98 Å². The summed E-state index contributed by atoms with van der Waals surface area (Å²) >= 11 is 0. The van der Waals surface area contributed by atoms with Crippen molar-refractivity contribution < 1.29 is 9.47 Å². The minimum atomic E-state index is 0.656. The van der Waals surface area contributed by atoms with Crippen LogP contribution in [0.2, 0.25) is 0 Å². The summed E-state index contributed by atoms with van der Waals surface area (Å²) < 4.78 is 12.2. The second-order valence-electron chi connectivity index (χ2n) is 2.86. The fourth-order valence-electron chi connectivity index (χ4n) is 1.01. The van der Waals surface area contributed by atoms with Crippen molar-refractivity contribution in [3.05, 3.63) is 18.2 Å². The SMILES string of the molecule is COCCOCCn1cnc(C)c1. The van der Waals surface area contributed by atoms with Gasteiger partial charge in [0.2, 0.25) is 0 Å². The third kappa shape index (κ3) is 4.05. The van der Waals surface area contributed by atoms with Gasteiger partial charge in [-0.3, -0.25) is 0 Å². The summed E-state index contributed by atoms with van der Waals surface area (Å²) in [6.45, 7) is 4.85. The van der Waals surface area contributed by atoms with E-state index >= 15 is 0 Å². The molecule has 0 aliphatic carbocycles. The summed E-state index contributed by atoms with van der Waals surface area (Å²) in [6.07, 6.45) is 3.81. The molecule has 0 saturated carbocycles. The largest absolute Gasteiger partial charge is 0.382 e. The average Bonchev–Trinajstić information content (AvgIpc) is 2.51. The predicted octanol–water partition coefficient (Wildman–Crippen LogP) is 0.855. The van der Waals surface area contributed by atoms with E-state index in [1.807, 2.05) is 24.0 Å². The van der Waals surface area contributed by atoms with Gasteiger partial charge in [0.05, 0.1) is 31.8 Å². The molecule has 1 aromatic heterocycles. The van der Waals surface area contributed by atoms with Crippen LogP contribution in [0.1, 0.15) is 5.69 Å². The highest BCUT2D eigenvalue weighted by atomic mass is 16.5. The molecule has 1 rings (SSSR count). The number of imidazole rings is 1. The zero-order valence-electron chi connectivity index (χ0n) is 8.19. The highest BCUT2D eigenvalue weighted by Crippen LogP contribution is 1.93. The van der Waals surface area contributed by atoms with E-state index in [1.165, 1.54) is 0 Å². The van der Waals surface area contributed by atoms with Gasteiger partial charge in [0.15, 0.2) is 0 Å². The van der Waals surface area contributed by atoms with Gasteiger partial charge in [-0.2, -0.15) is 0 Å². The van der Waals surface area contributed by atoms with Gasteiger partial charge >= 0.3 is 0 Å². The van der Waals surface area contributed by atoms with Gasteiger partial charge in [-0.1, -0.05) is 0 Å². The van der Waals surface area contributed by atoms with Gasteiger partial charge < -0.3 is 14.0 Å². The van der Waals surface area contributed by atoms with Crippen LogP contribution < -0.4 is 0 Å². The molecule has 74 valence electrons. The van der Waals surface area contributed by atoms with Crippen molar-refractivity contribution in [3.8, 4) is 0 Å². The normalized spacial score (nSPS) is 10.6. The molecule has 0 N–H and O–H groups in total. The molecular weight excluding hydrogens is 168 g/mol. The van der Waals surface area contributed by atoms with Crippen molar-refractivity contribution in [3.63, 3.8) is 0 Å². The smallest absolute Gasteiger partial charge is 0.0950 e. The van der Waals surface area contributed by atoms with Crippen LogP contribution in [0.5, 0.6) is 0 Å². The first-order chi connectivity index (χ1) is 6.33. The van der Waals surface area contributed by atoms with E-state index in [1.54, 1.807) is 7.11 Å². The van der Waals surface area contributed by atoms with Gasteiger partial charge in [0.1, 0.15) is 0 Å². The number of ether oxygens (including phenoxy) is 2. The Kier molecular flexibility index (Phi) is 4.49. The summed E-state index contributed by atoms with van der Waals surface area (Å²) in [5, 5.41) is 0. The van der Waals surface area contributed by atoms with E-state index < -0.39 is 0 Å². The topological polar surface area (TPSA) is 36.3 Å². The van der Waals surface area contributed by atoms with Crippen molar-refractivity contribution in [2.45, 2.75) is 13.5 Å². The lowest BCUT2D eigenvalue weighted by Crippen LogP contribution is -2.08. The van der Waals surface area contributed by atoms with Crippen LogP contribution in [0.4, 0.5) is 0 Å². The van der Waals surface area contributed by atoms with Gasteiger partial charge in [-0.15, -0.1) is 0 Å². The van der Waals surface area contributed by atoms with E-state index in [4.69, 9.17) is 9.47 Å². The summed E-state index contributed by atoms with van der Waals surface area (Å²) in [5.74, 6) is 0. The Hall–Kier alpha value is -0.870. The molecule has 0 aromatic carbocycles. The van der Waals surface area contributed by atoms with E-state index in [0.717, 1.165) is 12.2 Å². The van der Waals surface area contributed by atoms with Crippen molar-refractivity contribution in [2.24, 2.45) is 0 Å². The lowest BCUT2D eigenvalue weighted by atomic mass is 10.5. The Morgan fingerprint density at radius 1 is 1.38 bits per heavy atom. The molecule has 0 amide bonds. The standard InChI is InChI=1S/C9H16N2O2/c1-9-7-11(8-10-9)3-4-13-6-5-12-2/h7-8H,3-6H2,1-2H3. The maximum absolute atomic E-state index is 5.31. The van der Waals surface area contributed by atoms with Crippen molar-refractivity contribution in [1.82, 2.24) is 9.55 Å². The molecule has 1 aromatic rings. The summed E-state index contributed by atoms with van der Waals surface area (Å²) in [4.78, 5) is 4.11. The molecule has 13 heavy (non-hydrogen) atoms. The lowest BCUT2D eigenvalue weighted by Gasteiger charge is -2.03. The van der Waals surface area contributed by atoms with Crippen LogP contribution in [0, 0.1) is 6.92 Å². The van der Waals surface area contributed by atoms with Crippen LogP contribution in [0.3, 0.4) is 0 Å². The fourth-order valence-corrected chi connectivity index (χ4v) is 1.01. The van der Waals surface area contributed by atoms with Crippen LogP contribution >= 0.6 is 0 Å². The van der Waals surface area contributed by atoms with Crippen LogP contribution in [0.25, 0.3) is 0 Å². The van der Waals surface area contributed by atoms with Crippen molar-refractivity contribution >= 4 is 0 Å². The minimum Gasteiger partial charge on any atom is -0.382 e. The maximum Gasteiger partial charge on any atom is 0.0950 e. The Labute approximate surface area is 78.5 Å². The fraction of sp³-hybridized carbons (Fsp3) is 0.667. The van der Waals surface area contributed by atoms with Gasteiger partial charge in [0.25, 0.3) is 0 Å². The number of aryl methyl sites for hydroxylation is 1. The highest BCUT2D eigenvalue weighted by molar-refractivity contribution is 4.91. The quantitative estimate of drug-likeness (QED) is 0.615. The molecular formula is C9H16N2O2. The molecule has 1 heterocycles. The monoisotopic (exact) mass is 184 g/mol. The van der Waals surface area contributed by atoms with Gasteiger partial charge in [0, 0.05) is 19.9 Å². The Morgan fingerprint density at radius 3 is 2.85 bits per heavy atom. The molecule has 0 unspecified atom stereocenters. The molecule has 0 saturated heterocycles. The van der Waals surface area contributed by atoms with Crippen LogP contribution in [-0.4, -0.2) is 36.5 Å². The Balaban J connectivity index is 2.06. The van der Waals surface area contributed by atoms with E-state index in [0.29, 0.717) is 19.8 Å². The average molecular weight is 184 g/mol. The second kappa shape index (κ2) is 5.72. The first-order valence-corrected chi connectivity index (χ1v) is 4.38. The second-order valence-corrected chi connectivity index (χ2v) is 2.86. The molecule has 0 atom stereocenters. The van der Waals surface area contributed by atoms with E-state index in [-0.39, 0.29) is 0 Å². The predicted molar refractivity (Wildman–Crippen MR) is 49.7 cm³/mol. The number of rotatable bonds is 6. The molecule has 0 fully saturated rings. The zero-order chi connectivity index (χ0) is 9.52. The molecule has 4 nitrogen and oxygen atoms in total. The van der Waals surface area contributed by atoms with E-state index in [2.05, 4.69) is 4.98 Å². The zero-order valence-corrected chi connectivity index (χ0v) is 8.19. The number of methoxy groups -OCH3 is 1. The van der Waals surface area contributed by atoms with Crippen molar-refractivity contribution in [1.29, 1.82) is 0 Å². The number of hydrogen-bond acceptors (Lipinski definition) is 3. The highest BCUT2D eigenvalue weighted by Gasteiger charge is 1.93. The molecule has 0 aliphatic rings. The summed E-state index contributed by atoms with van der Waals surface area (Å²) in [6, 6.07) is 0. The first kappa shape index (κ1) is 10.2. The van der Waals surface area contributed by atoms with Crippen molar-refractivity contribution in [2.75, 3.05) is 26.9 Å². The Morgan fingerprint density at radius 2 is 2.23 bits per heavy atom. The van der Waals surface area contributed by atoms with Crippen LogP contribution in [0.15, 0.2) is 12.5 Å². The Bertz CT molecular complexity index is 235. The molecule has 0 aliphatic heterocycles. The molecule has 0 radical (unpaired) electrons. The summed E-state index contributed by atoms with van der Waals surface area (Å²) in [5.41, 5.74) is 1.04. The summed E-state index contributed by atoms with van der Waals surface area (Å²) in [7, 11) is 1.67. The molecule has 4 heteroatoms. The first-order valence-electron chi connectivity index (χ1n) is 4.38. The third-order valence-corrected chi connectivity index (χ3v) is 1.69. The maximum atomic E-state index is 5.31. The number of hydrogen-bond donors (Lipinski definition) is 0. The number of aromatic nitrogens is 2.